The van der Waals surface area contributed by atoms with E-state index in [-0.39, 0.29) is 0 Å². The molecule has 20 aromatic carbocycles. The minimum atomic E-state index is -3.11. The van der Waals surface area contributed by atoms with E-state index in [0.717, 1.165) is 164 Å². The van der Waals surface area contributed by atoms with Gasteiger partial charge in [-0.05, 0) is 80.9 Å². The number of benzene rings is 20. The van der Waals surface area contributed by atoms with E-state index < -0.39 is 21.4 Å². The lowest BCUT2D eigenvalue weighted by Gasteiger charge is -2.20. The molecule has 0 aliphatic heterocycles. The van der Waals surface area contributed by atoms with Gasteiger partial charge in [0.15, 0.2) is 21.4 Å². The molecule has 0 unspecified atom stereocenters. The summed E-state index contributed by atoms with van der Waals surface area (Å²) >= 11 is 5.44. The Balaban J connectivity index is 0.000000115. The highest BCUT2D eigenvalue weighted by atomic mass is 32.1. The molecule has 26 rings (SSSR count). The number of rotatable bonds is 17. The third-order valence-electron chi connectivity index (χ3n) is 26.9. The quantitative estimate of drug-likeness (QED) is 0.0844. The first kappa shape index (κ1) is 87.7. The zero-order chi connectivity index (χ0) is 94.4. The Kier molecular flexibility index (Phi) is 23.5. The maximum atomic E-state index is 15.2. The fraction of sp³-hybridized carbons (Fsp3) is 0. The van der Waals surface area contributed by atoms with Crippen molar-refractivity contribution in [3.63, 3.8) is 0 Å². The monoisotopic (exact) mass is 1910 g/mol. The number of fused-ring (bicyclic) bond motifs is 15. The van der Waals surface area contributed by atoms with Gasteiger partial charge in [-0.25, -0.2) is 15.0 Å². The Morgan fingerprint density at radius 3 is 0.801 bits per heavy atom. The van der Waals surface area contributed by atoms with Crippen LogP contribution in [0.2, 0.25) is 0 Å². The summed E-state index contributed by atoms with van der Waals surface area (Å²) in [6.45, 7) is 0. The maximum Gasteiger partial charge on any atom is 0.171 e. The zero-order valence-electron chi connectivity index (χ0n) is 76.3. The molecule has 0 amide bonds. The van der Waals surface area contributed by atoms with E-state index in [1.54, 1.807) is 0 Å². The lowest BCUT2D eigenvalue weighted by Crippen LogP contribution is -2.25. The third-order valence-corrected chi connectivity index (χ3v) is 39.6. The van der Waals surface area contributed by atoms with Gasteiger partial charge in [0, 0.05) is 138 Å². The van der Waals surface area contributed by atoms with E-state index in [4.69, 9.17) is 15.0 Å². The summed E-state index contributed by atoms with van der Waals surface area (Å²) in [6.07, 6.45) is 0. The van der Waals surface area contributed by atoms with E-state index in [1.165, 1.54) is 65.9 Å². The molecule has 6 heterocycles. The highest BCUT2D eigenvalue weighted by Gasteiger charge is 2.34. The van der Waals surface area contributed by atoms with Crippen LogP contribution in [0.5, 0.6) is 0 Å². The van der Waals surface area contributed by atoms with Crippen LogP contribution in [0.3, 0.4) is 0 Å². The molecule has 0 radical (unpaired) electrons. The molecule has 0 fully saturated rings. The molecule has 12 heteroatoms. The van der Waals surface area contributed by atoms with Crippen LogP contribution in [0.15, 0.2) is 522 Å². The van der Waals surface area contributed by atoms with Crippen LogP contribution >= 0.6 is 55.4 Å². The first-order valence-corrected chi connectivity index (χ1v) is 54.7. The van der Waals surface area contributed by atoms with Crippen molar-refractivity contribution in [2.75, 3.05) is 0 Å². The van der Waals surface area contributed by atoms with Crippen molar-refractivity contribution < 1.29 is 13.7 Å². The summed E-state index contributed by atoms with van der Waals surface area (Å²) in [5.41, 5.74) is 20.2. The smallest absolute Gasteiger partial charge is 0.171 e. The lowest BCUT2D eigenvalue weighted by molar-refractivity contribution is 0.591. The number of hydrogen-bond acceptors (Lipinski definition) is 9. The van der Waals surface area contributed by atoms with E-state index in [2.05, 4.69) is 297 Å². The van der Waals surface area contributed by atoms with Crippen LogP contribution in [0, 0.1) is 0 Å². The summed E-state index contributed by atoms with van der Waals surface area (Å²) in [5.74, 6) is 0. The van der Waals surface area contributed by atoms with Crippen molar-refractivity contribution in [3.8, 4) is 89.4 Å². The van der Waals surface area contributed by atoms with Crippen molar-refractivity contribution in [2.24, 2.45) is 0 Å². The molecule has 0 atom stereocenters. The summed E-state index contributed by atoms with van der Waals surface area (Å²) in [5, 5.41) is 18.5. The Morgan fingerprint density at radius 2 is 0.411 bits per heavy atom. The van der Waals surface area contributed by atoms with Crippen LogP contribution in [0.4, 0.5) is 0 Å². The maximum absolute atomic E-state index is 15.2. The third kappa shape index (κ3) is 16.1. The minimum absolute atomic E-state index is 0.818. The van der Waals surface area contributed by atoms with Crippen molar-refractivity contribution >= 4 is 196 Å². The Morgan fingerprint density at radius 1 is 0.163 bits per heavy atom. The number of hydrogen-bond donors (Lipinski definition) is 0. The van der Waals surface area contributed by atoms with Crippen molar-refractivity contribution in [1.82, 2.24) is 15.0 Å². The molecule has 6 nitrogen and oxygen atoms in total. The number of aromatic nitrogens is 3. The predicted molar refractivity (Wildman–Crippen MR) is 606 cm³/mol. The summed E-state index contributed by atoms with van der Waals surface area (Å²) in [6, 6.07) is 178. The van der Waals surface area contributed by atoms with Crippen LogP contribution in [0.25, 0.3) is 183 Å². The summed E-state index contributed by atoms with van der Waals surface area (Å²) in [4.78, 5) is 16.1. The predicted octanol–water partition coefficient (Wildman–Crippen LogP) is 32.1. The van der Waals surface area contributed by atoms with Gasteiger partial charge in [-0.3, -0.25) is 0 Å². The molecule has 141 heavy (non-hydrogen) atoms. The number of para-hydroxylation sites is 2. The van der Waals surface area contributed by atoms with E-state index >= 15 is 4.57 Å². The Labute approximate surface area is 829 Å². The molecular formula is C129H86N3O3P3S3. The normalized spacial score (nSPS) is 11.8. The second-order valence-electron chi connectivity index (χ2n) is 35.2. The molecule has 6 aromatic heterocycles. The highest BCUT2D eigenvalue weighted by molar-refractivity contribution is 7.86. The van der Waals surface area contributed by atoms with Crippen LogP contribution in [-0.4, -0.2) is 15.0 Å². The van der Waals surface area contributed by atoms with Crippen molar-refractivity contribution in [2.45, 2.75) is 0 Å². The first-order chi connectivity index (χ1) is 69.6. The molecule has 0 saturated heterocycles. The second-order valence-corrected chi connectivity index (χ2v) is 46.6. The van der Waals surface area contributed by atoms with E-state index in [0.29, 0.717) is 0 Å². The van der Waals surface area contributed by atoms with Crippen LogP contribution in [0.1, 0.15) is 0 Å². The average molecular weight is 1920 g/mol. The van der Waals surface area contributed by atoms with Gasteiger partial charge in [0.1, 0.15) is 0 Å². The molecule has 0 aliphatic rings. The standard InChI is InChI=1S/2C45H30NOPS.C39H26NOPS/c47-48(35-20-6-2-7-21-35,36-22-8-3-9-23-36)37-24-13-18-33(30-37)32-17-12-19-34(29-32)38-26-14-27-40-42-39-25-10-11-28-41(39)49-45(42)43(46-44(38)40)31-15-4-1-5-16-31;47-48(35-15-6-2-7-16-35,36-17-8-3-9-18-36)37-29-27-32(28-30-37)31-23-25-33(26-24-31)38-20-12-21-40-42-39-19-10-11-22-41(39)49-45(42)43(46-44(38)40)34-13-4-1-5-14-34;41-42(30-14-6-2-7-15-30,31-16-8-3-9-17-31)32-23-20-27(21-24-32)29-22-25-33-35(26-29)40-38(28-12-4-1-5-13-28)39-37(33)34-18-10-11-19-36(34)43-39/h2*1-30H;1-26H. The minimum Gasteiger partial charge on any atom is -0.309 e. The lowest BCUT2D eigenvalue weighted by atomic mass is 9.95. The van der Waals surface area contributed by atoms with Gasteiger partial charge in [0.25, 0.3) is 0 Å². The second kappa shape index (κ2) is 37.7. The van der Waals surface area contributed by atoms with Gasteiger partial charge < -0.3 is 13.7 Å². The highest BCUT2D eigenvalue weighted by Crippen LogP contribution is 2.52. The molecular weight excluding hydrogens is 1830 g/mol. The van der Waals surface area contributed by atoms with Gasteiger partial charge in [-0.1, -0.05) is 485 Å². The molecule has 0 N–H and O–H groups in total. The Hall–Kier alpha value is -16.0. The van der Waals surface area contributed by atoms with Crippen LogP contribution < -0.4 is 47.7 Å². The van der Waals surface area contributed by atoms with Gasteiger partial charge >= 0.3 is 0 Å². The van der Waals surface area contributed by atoms with Crippen molar-refractivity contribution in [1.29, 1.82) is 0 Å². The molecule has 668 valence electrons. The Bertz CT molecular complexity index is 9220. The topological polar surface area (TPSA) is 89.9 Å². The molecule has 0 saturated carbocycles. The molecule has 0 bridgehead atoms. The molecule has 0 aliphatic carbocycles. The first-order valence-electron chi connectivity index (χ1n) is 47.1. The number of thiophene rings is 3. The fourth-order valence-corrected chi connectivity index (χ4v) is 31.7. The number of pyridine rings is 3. The SMILES string of the molecule is O=P(c1ccccc1)(c1ccccc1)c1ccc(-c2ccc(-c3cccc4c3nc(-c3ccccc3)c3sc5ccccc5c34)cc2)cc1.O=P(c1ccccc1)(c1ccccc1)c1ccc(-c2ccc3c(c2)nc(-c2ccccc2)c2sc4ccccc4c23)cc1.O=P(c1ccccc1)(c1ccccc1)c1cccc(-c2cccc(-c3cccc4c3nc(-c3ccccc3)c3sc5ccccc5c34)c2)c1. The average Bonchev–Trinajstić information content (AvgIpc) is 1.60. The fourth-order valence-electron chi connectivity index (χ4n) is 20.0. The summed E-state index contributed by atoms with van der Waals surface area (Å²) < 4.78 is 52.2. The largest absolute Gasteiger partial charge is 0.309 e. The summed E-state index contributed by atoms with van der Waals surface area (Å²) in [7, 11) is -9.15. The van der Waals surface area contributed by atoms with Gasteiger partial charge in [-0.15, -0.1) is 34.0 Å². The van der Waals surface area contributed by atoms with Crippen LogP contribution in [-0.2, 0) is 13.7 Å². The molecule has 0 spiro atoms. The van der Waals surface area contributed by atoms with Crippen molar-refractivity contribution in [3.05, 3.63) is 522 Å². The number of nitrogens with zero attached hydrogens (tertiary/aromatic N) is 3. The van der Waals surface area contributed by atoms with Gasteiger partial charge in [0.2, 0.25) is 0 Å². The van der Waals surface area contributed by atoms with E-state index in [1.807, 2.05) is 258 Å². The van der Waals surface area contributed by atoms with Gasteiger partial charge in [0.05, 0.1) is 47.7 Å². The zero-order valence-corrected chi connectivity index (χ0v) is 81.4. The molecule has 26 aromatic rings. The van der Waals surface area contributed by atoms with E-state index in [9.17, 15) is 9.13 Å². The van der Waals surface area contributed by atoms with Gasteiger partial charge in [-0.2, -0.15) is 0 Å².